The summed E-state index contributed by atoms with van der Waals surface area (Å²) in [6, 6.07) is 2.53. The van der Waals surface area contributed by atoms with Gasteiger partial charge >= 0.3 is 0 Å². The van der Waals surface area contributed by atoms with Crippen molar-refractivity contribution >= 4 is 21.6 Å². The van der Waals surface area contributed by atoms with E-state index in [4.69, 9.17) is 0 Å². The number of amides is 1. The Morgan fingerprint density at radius 1 is 1.22 bits per heavy atom. The van der Waals surface area contributed by atoms with Gasteiger partial charge < -0.3 is 5.32 Å². The van der Waals surface area contributed by atoms with Gasteiger partial charge in [-0.3, -0.25) is 9.52 Å². The van der Waals surface area contributed by atoms with Crippen molar-refractivity contribution in [3.8, 4) is 0 Å². The topological polar surface area (TPSA) is 75.3 Å². The fourth-order valence-electron chi connectivity index (χ4n) is 1.84. The molecule has 0 fully saturated rings. The molecule has 0 saturated heterocycles. The zero-order valence-corrected chi connectivity index (χ0v) is 14.2. The minimum absolute atomic E-state index is 0.348. The van der Waals surface area contributed by atoms with Gasteiger partial charge in [0.1, 0.15) is 11.6 Å². The number of benzene rings is 1. The highest BCUT2D eigenvalue weighted by Gasteiger charge is 2.22. The van der Waals surface area contributed by atoms with Crippen molar-refractivity contribution in [3.05, 3.63) is 29.8 Å². The van der Waals surface area contributed by atoms with E-state index in [2.05, 4.69) is 5.32 Å². The van der Waals surface area contributed by atoms with E-state index in [1.165, 1.54) is 6.92 Å². The molecule has 1 atom stereocenters. The smallest absolute Gasteiger partial charge is 0.233 e. The molecule has 0 bridgehead atoms. The quantitative estimate of drug-likeness (QED) is 0.758. The second-order valence-electron chi connectivity index (χ2n) is 5.88. The number of nitrogens with one attached hydrogen (secondary N) is 2. The largest absolute Gasteiger partial charge is 0.356 e. The van der Waals surface area contributed by atoms with Gasteiger partial charge in [-0.1, -0.05) is 20.8 Å². The van der Waals surface area contributed by atoms with Gasteiger partial charge in [0.05, 0.1) is 17.4 Å². The molecular weight excluding hydrogens is 326 g/mol. The van der Waals surface area contributed by atoms with Crippen LogP contribution in [0.3, 0.4) is 0 Å². The SMILES string of the molecule is CC(C)CCNC(=O)C(C)CS(=O)(=O)Nc1ccc(F)cc1F. The molecule has 0 aliphatic rings. The maximum absolute atomic E-state index is 13.5. The Balaban J connectivity index is 2.61. The standard InChI is InChI=1S/C15H22F2N2O3S/c1-10(2)6-7-18-15(20)11(3)9-23(21,22)19-14-5-4-12(16)8-13(14)17/h4-5,8,10-11,19H,6-7,9H2,1-3H3,(H,18,20). The summed E-state index contributed by atoms with van der Waals surface area (Å²) in [5, 5.41) is 2.66. The lowest BCUT2D eigenvalue weighted by atomic mass is 10.1. The van der Waals surface area contributed by atoms with Crippen LogP contribution in [0.5, 0.6) is 0 Å². The molecule has 1 aromatic rings. The molecule has 1 aromatic carbocycles. The Morgan fingerprint density at radius 3 is 2.43 bits per heavy atom. The molecule has 1 unspecified atom stereocenters. The Labute approximate surface area is 135 Å². The van der Waals surface area contributed by atoms with Gasteiger partial charge in [0.25, 0.3) is 0 Å². The van der Waals surface area contributed by atoms with E-state index in [0.717, 1.165) is 18.6 Å². The third-order valence-corrected chi connectivity index (χ3v) is 4.60. The molecule has 5 nitrogen and oxygen atoms in total. The Kier molecular flexibility index (Phi) is 6.93. The maximum atomic E-state index is 13.5. The summed E-state index contributed by atoms with van der Waals surface area (Å²) in [6.07, 6.45) is 0.796. The van der Waals surface area contributed by atoms with Crippen molar-refractivity contribution in [2.24, 2.45) is 11.8 Å². The van der Waals surface area contributed by atoms with Crippen LogP contribution in [0.1, 0.15) is 27.2 Å². The number of carbonyl (C=O) groups excluding carboxylic acids is 1. The maximum Gasteiger partial charge on any atom is 0.233 e. The van der Waals surface area contributed by atoms with Crippen LogP contribution in [0.25, 0.3) is 0 Å². The lowest BCUT2D eigenvalue weighted by Gasteiger charge is -2.14. The molecule has 130 valence electrons. The van der Waals surface area contributed by atoms with Gasteiger partial charge in [0.2, 0.25) is 15.9 Å². The molecule has 0 aromatic heterocycles. The first-order valence-electron chi connectivity index (χ1n) is 7.34. The highest BCUT2D eigenvalue weighted by Crippen LogP contribution is 2.17. The Bertz CT molecular complexity index is 648. The third kappa shape index (κ3) is 6.94. The van der Waals surface area contributed by atoms with Gasteiger partial charge in [-0.05, 0) is 24.5 Å². The molecule has 0 aliphatic carbocycles. The number of hydrogen-bond acceptors (Lipinski definition) is 3. The Morgan fingerprint density at radius 2 is 1.87 bits per heavy atom. The fraction of sp³-hybridized carbons (Fsp3) is 0.533. The number of carbonyl (C=O) groups is 1. The average Bonchev–Trinajstić information content (AvgIpc) is 2.40. The molecule has 0 heterocycles. The van der Waals surface area contributed by atoms with Crippen LogP contribution in [0.4, 0.5) is 14.5 Å². The lowest BCUT2D eigenvalue weighted by molar-refractivity contribution is -0.123. The van der Waals surface area contributed by atoms with Crippen molar-refractivity contribution in [1.29, 1.82) is 0 Å². The summed E-state index contributed by atoms with van der Waals surface area (Å²) < 4.78 is 52.3. The number of rotatable bonds is 8. The molecule has 8 heteroatoms. The minimum atomic E-state index is -3.93. The van der Waals surface area contributed by atoms with Crippen molar-refractivity contribution in [2.45, 2.75) is 27.2 Å². The second-order valence-corrected chi connectivity index (χ2v) is 7.65. The fourth-order valence-corrected chi connectivity index (χ4v) is 3.24. The first-order chi connectivity index (χ1) is 10.6. The van der Waals surface area contributed by atoms with Crippen LogP contribution >= 0.6 is 0 Å². The zero-order chi connectivity index (χ0) is 17.6. The van der Waals surface area contributed by atoms with Gasteiger partial charge in [-0.25, -0.2) is 17.2 Å². The minimum Gasteiger partial charge on any atom is -0.356 e. The van der Waals surface area contributed by atoms with E-state index in [1.807, 2.05) is 18.6 Å². The molecule has 0 saturated carbocycles. The number of anilines is 1. The van der Waals surface area contributed by atoms with Crippen LogP contribution < -0.4 is 10.0 Å². The lowest BCUT2D eigenvalue weighted by Crippen LogP contribution is -2.35. The van der Waals surface area contributed by atoms with Gasteiger partial charge in [0.15, 0.2) is 0 Å². The van der Waals surface area contributed by atoms with E-state index in [-0.39, 0.29) is 11.6 Å². The predicted octanol–water partition coefficient (Wildman–Crippen LogP) is 2.50. The van der Waals surface area contributed by atoms with E-state index in [1.54, 1.807) is 0 Å². The summed E-state index contributed by atoms with van der Waals surface area (Å²) in [5.74, 6) is -3.04. The van der Waals surface area contributed by atoms with Crippen molar-refractivity contribution in [1.82, 2.24) is 5.32 Å². The summed E-state index contributed by atoms with van der Waals surface area (Å²) in [7, 11) is -3.93. The number of halogens is 2. The molecular formula is C15H22F2N2O3S. The molecule has 1 rings (SSSR count). The second kappa shape index (κ2) is 8.24. The van der Waals surface area contributed by atoms with Crippen LogP contribution in [-0.2, 0) is 14.8 Å². The molecule has 0 spiro atoms. The number of sulfonamides is 1. The van der Waals surface area contributed by atoms with Gasteiger partial charge in [0, 0.05) is 12.6 Å². The van der Waals surface area contributed by atoms with Crippen molar-refractivity contribution in [2.75, 3.05) is 17.0 Å². The predicted molar refractivity (Wildman–Crippen MR) is 85.4 cm³/mol. The first-order valence-corrected chi connectivity index (χ1v) is 8.99. The average molecular weight is 348 g/mol. The van der Waals surface area contributed by atoms with Crippen molar-refractivity contribution < 1.29 is 22.0 Å². The van der Waals surface area contributed by atoms with E-state index < -0.39 is 33.3 Å². The molecule has 0 radical (unpaired) electrons. The van der Waals surface area contributed by atoms with Crippen LogP contribution in [-0.4, -0.2) is 26.6 Å². The van der Waals surface area contributed by atoms with Crippen LogP contribution in [0, 0.1) is 23.5 Å². The van der Waals surface area contributed by atoms with E-state index >= 15 is 0 Å². The van der Waals surface area contributed by atoms with Crippen LogP contribution in [0.2, 0.25) is 0 Å². The monoisotopic (exact) mass is 348 g/mol. The zero-order valence-electron chi connectivity index (χ0n) is 13.4. The third-order valence-electron chi connectivity index (χ3n) is 3.13. The summed E-state index contributed by atoms with van der Waals surface area (Å²) in [6.45, 7) is 5.98. The summed E-state index contributed by atoms with van der Waals surface area (Å²) in [4.78, 5) is 11.8. The summed E-state index contributed by atoms with van der Waals surface area (Å²) >= 11 is 0. The van der Waals surface area contributed by atoms with Crippen LogP contribution in [0.15, 0.2) is 18.2 Å². The van der Waals surface area contributed by atoms with E-state index in [0.29, 0.717) is 18.5 Å². The Hall–Kier alpha value is -1.70. The molecule has 23 heavy (non-hydrogen) atoms. The molecule has 1 amide bonds. The van der Waals surface area contributed by atoms with E-state index in [9.17, 15) is 22.0 Å². The molecule has 0 aliphatic heterocycles. The molecule has 2 N–H and O–H groups in total. The highest BCUT2D eigenvalue weighted by atomic mass is 32.2. The normalized spacial score (nSPS) is 13.0. The first kappa shape index (κ1) is 19.3. The number of hydrogen-bond donors (Lipinski definition) is 2. The van der Waals surface area contributed by atoms with Crippen molar-refractivity contribution in [3.63, 3.8) is 0 Å². The van der Waals surface area contributed by atoms with Gasteiger partial charge in [-0.15, -0.1) is 0 Å². The summed E-state index contributed by atoms with van der Waals surface area (Å²) in [5.41, 5.74) is -0.348. The highest BCUT2D eigenvalue weighted by molar-refractivity contribution is 7.92. The van der Waals surface area contributed by atoms with Gasteiger partial charge in [-0.2, -0.15) is 0 Å².